The van der Waals surface area contributed by atoms with Gasteiger partial charge in [-0.2, -0.15) is 0 Å². The molecule has 0 amide bonds. The number of aliphatic hydroxyl groups excluding tert-OH is 1. The van der Waals surface area contributed by atoms with Gasteiger partial charge in [-0.1, -0.05) is 41.5 Å². The minimum absolute atomic E-state index is 0.214. The van der Waals surface area contributed by atoms with Gasteiger partial charge in [0.2, 0.25) is 0 Å². The molecule has 2 rings (SSSR count). The molecule has 0 heterocycles. The Hall–Kier alpha value is 0.314. The summed E-state index contributed by atoms with van der Waals surface area (Å²) >= 11 is 0. The van der Waals surface area contributed by atoms with E-state index in [9.17, 15) is 5.11 Å². The highest BCUT2D eigenvalue weighted by Crippen LogP contribution is 2.50. The van der Waals surface area contributed by atoms with Crippen LogP contribution in [-0.2, 0) is 8.85 Å². The van der Waals surface area contributed by atoms with Crippen molar-refractivity contribution in [2.24, 2.45) is 11.8 Å². The Morgan fingerprint density at radius 3 is 1.64 bits per heavy atom. The van der Waals surface area contributed by atoms with Gasteiger partial charge in [-0.25, -0.2) is 0 Å². The van der Waals surface area contributed by atoms with E-state index in [-0.39, 0.29) is 22.3 Å². The lowest BCUT2D eigenvalue weighted by Gasteiger charge is -2.40. The van der Waals surface area contributed by atoms with Crippen LogP contribution in [0.25, 0.3) is 0 Å². The standard InChI is InChI=1S/C20H42O3Si2/c1-19(2,3)24(7,8)22-14-11-15-16(12-14)18(13-17(15)21)23-25(9,10)20(4,5)6/h14-18,21H,11-13H2,1-10H3/t14-,15+,16-,17-,18+/m1/s1. The molecule has 0 aromatic carbocycles. The fourth-order valence-corrected chi connectivity index (χ4v) is 6.65. The smallest absolute Gasteiger partial charge is 0.192 e. The van der Waals surface area contributed by atoms with E-state index >= 15 is 0 Å². The van der Waals surface area contributed by atoms with Gasteiger partial charge in [0.15, 0.2) is 16.6 Å². The Balaban J connectivity index is 2.06. The van der Waals surface area contributed by atoms with Gasteiger partial charge in [-0.3, -0.25) is 0 Å². The molecular formula is C20H42O3Si2. The highest BCUT2D eigenvalue weighted by Gasteiger charge is 2.53. The van der Waals surface area contributed by atoms with Crippen LogP contribution in [0, 0.1) is 11.8 Å². The van der Waals surface area contributed by atoms with Gasteiger partial charge in [-0.15, -0.1) is 0 Å². The Kier molecular flexibility index (Phi) is 5.82. The maximum atomic E-state index is 10.6. The third-order valence-corrected chi connectivity index (χ3v) is 16.6. The molecule has 0 aromatic rings. The molecular weight excluding hydrogens is 344 g/mol. The molecule has 2 aliphatic rings. The van der Waals surface area contributed by atoms with E-state index in [0.29, 0.717) is 17.9 Å². The van der Waals surface area contributed by atoms with Crippen LogP contribution in [0.4, 0.5) is 0 Å². The van der Waals surface area contributed by atoms with Crippen LogP contribution in [0.2, 0.25) is 36.3 Å². The molecule has 0 saturated heterocycles. The topological polar surface area (TPSA) is 38.7 Å². The molecule has 0 unspecified atom stereocenters. The predicted octanol–water partition coefficient (Wildman–Crippen LogP) is 5.56. The summed E-state index contributed by atoms with van der Waals surface area (Å²) in [4.78, 5) is 0. The SMILES string of the molecule is CC(C)(C)[Si](C)(C)O[C@H]1C[C@@H]2[C@H](C1)[C@H](O)C[C@@H]2O[Si](C)(C)C(C)(C)C. The molecule has 2 aliphatic carbocycles. The monoisotopic (exact) mass is 386 g/mol. The van der Waals surface area contributed by atoms with Gasteiger partial charge < -0.3 is 14.0 Å². The van der Waals surface area contributed by atoms with E-state index in [4.69, 9.17) is 8.85 Å². The largest absolute Gasteiger partial charge is 0.414 e. The van der Waals surface area contributed by atoms with Crippen molar-refractivity contribution in [1.82, 2.24) is 0 Å². The van der Waals surface area contributed by atoms with Crippen molar-refractivity contribution in [2.45, 2.75) is 115 Å². The maximum Gasteiger partial charge on any atom is 0.192 e. The minimum Gasteiger partial charge on any atom is -0.414 e. The molecule has 0 radical (unpaired) electrons. The molecule has 5 heteroatoms. The summed E-state index contributed by atoms with van der Waals surface area (Å²) in [5.74, 6) is 0.837. The number of rotatable bonds is 4. The van der Waals surface area contributed by atoms with Crippen LogP contribution in [0.15, 0.2) is 0 Å². The Morgan fingerprint density at radius 1 is 0.720 bits per heavy atom. The van der Waals surface area contributed by atoms with Gasteiger partial charge >= 0.3 is 0 Å². The van der Waals surface area contributed by atoms with Gasteiger partial charge in [-0.05, 0) is 67.4 Å². The van der Waals surface area contributed by atoms with Gasteiger partial charge in [0.25, 0.3) is 0 Å². The summed E-state index contributed by atoms with van der Waals surface area (Å²) in [5, 5.41) is 11.1. The first-order valence-corrected chi connectivity index (χ1v) is 15.9. The number of hydrogen-bond donors (Lipinski definition) is 1. The average Bonchev–Trinajstić information content (AvgIpc) is 2.88. The van der Waals surface area contributed by atoms with Crippen molar-refractivity contribution < 1.29 is 14.0 Å². The zero-order chi connectivity index (χ0) is 19.4. The van der Waals surface area contributed by atoms with E-state index in [1.807, 2.05) is 0 Å². The maximum absolute atomic E-state index is 10.6. The zero-order valence-corrected chi connectivity index (χ0v) is 20.3. The van der Waals surface area contributed by atoms with Crippen LogP contribution >= 0.6 is 0 Å². The Labute approximate surface area is 158 Å². The van der Waals surface area contributed by atoms with Crippen molar-refractivity contribution in [2.75, 3.05) is 0 Å². The molecule has 1 N–H and O–H groups in total. The van der Waals surface area contributed by atoms with Crippen molar-refractivity contribution in [3.8, 4) is 0 Å². The van der Waals surface area contributed by atoms with E-state index in [1.165, 1.54) is 0 Å². The van der Waals surface area contributed by atoms with Crippen molar-refractivity contribution in [1.29, 1.82) is 0 Å². The first-order chi connectivity index (χ1) is 11.1. The third kappa shape index (κ3) is 4.42. The van der Waals surface area contributed by atoms with Crippen LogP contribution in [0.5, 0.6) is 0 Å². The second kappa shape index (κ2) is 6.73. The van der Waals surface area contributed by atoms with Crippen molar-refractivity contribution >= 4 is 16.6 Å². The van der Waals surface area contributed by atoms with E-state index < -0.39 is 16.6 Å². The second-order valence-corrected chi connectivity index (χ2v) is 21.0. The molecule has 0 spiro atoms. The molecule has 0 bridgehead atoms. The summed E-state index contributed by atoms with van der Waals surface area (Å²) in [7, 11) is -3.55. The Bertz CT molecular complexity index is 476. The normalized spacial score (nSPS) is 34.4. The van der Waals surface area contributed by atoms with Crippen LogP contribution < -0.4 is 0 Å². The summed E-state index contributed by atoms with van der Waals surface area (Å²) in [6.45, 7) is 23.1. The molecule has 148 valence electrons. The molecule has 2 fully saturated rings. The molecule has 5 atom stereocenters. The Morgan fingerprint density at radius 2 is 1.16 bits per heavy atom. The number of hydrogen-bond acceptors (Lipinski definition) is 3. The quantitative estimate of drug-likeness (QED) is 0.643. The molecule has 2 saturated carbocycles. The van der Waals surface area contributed by atoms with E-state index in [0.717, 1.165) is 19.3 Å². The van der Waals surface area contributed by atoms with Crippen LogP contribution in [0.1, 0.15) is 60.8 Å². The van der Waals surface area contributed by atoms with Crippen molar-refractivity contribution in [3.05, 3.63) is 0 Å². The second-order valence-electron chi connectivity index (χ2n) is 11.5. The lowest BCUT2D eigenvalue weighted by Crippen LogP contribution is -2.45. The van der Waals surface area contributed by atoms with E-state index in [2.05, 4.69) is 67.7 Å². The van der Waals surface area contributed by atoms with Gasteiger partial charge in [0.05, 0.1) is 12.2 Å². The highest BCUT2D eigenvalue weighted by molar-refractivity contribution is 6.74. The molecule has 0 aliphatic heterocycles. The van der Waals surface area contributed by atoms with Crippen LogP contribution in [-0.4, -0.2) is 40.1 Å². The lowest BCUT2D eigenvalue weighted by atomic mass is 9.98. The highest BCUT2D eigenvalue weighted by atomic mass is 28.4. The molecule has 3 nitrogen and oxygen atoms in total. The van der Waals surface area contributed by atoms with Gasteiger partial charge in [0.1, 0.15) is 0 Å². The average molecular weight is 387 g/mol. The lowest BCUT2D eigenvalue weighted by molar-refractivity contribution is 0.0945. The summed E-state index contributed by atoms with van der Waals surface area (Å²) in [6, 6.07) is 0. The molecule has 25 heavy (non-hydrogen) atoms. The minimum atomic E-state index is -1.80. The fraction of sp³-hybridized carbons (Fsp3) is 1.00. The summed E-state index contributed by atoms with van der Waals surface area (Å²) in [5.41, 5.74) is 0. The number of fused-ring (bicyclic) bond motifs is 1. The fourth-order valence-electron chi connectivity index (χ4n) is 3.89. The van der Waals surface area contributed by atoms with E-state index in [1.54, 1.807) is 0 Å². The third-order valence-electron chi connectivity index (χ3n) is 7.59. The van der Waals surface area contributed by atoms with Crippen LogP contribution in [0.3, 0.4) is 0 Å². The zero-order valence-electron chi connectivity index (χ0n) is 18.3. The number of aliphatic hydroxyl groups is 1. The van der Waals surface area contributed by atoms with Crippen molar-refractivity contribution in [3.63, 3.8) is 0 Å². The summed E-state index contributed by atoms with van der Waals surface area (Å²) < 4.78 is 13.4. The summed E-state index contributed by atoms with van der Waals surface area (Å²) in [6.07, 6.45) is 3.19. The first-order valence-electron chi connectivity index (χ1n) is 10.1. The first kappa shape index (κ1) is 21.6. The predicted molar refractivity (Wildman–Crippen MR) is 111 cm³/mol. The molecule has 0 aromatic heterocycles. The van der Waals surface area contributed by atoms with Gasteiger partial charge in [0, 0.05) is 6.10 Å².